The van der Waals surface area contributed by atoms with E-state index >= 15 is 0 Å². The zero-order valence-corrected chi connectivity index (χ0v) is 15.4. The van der Waals surface area contributed by atoms with E-state index in [1.165, 1.54) is 24.3 Å². The number of amides is 1. The predicted molar refractivity (Wildman–Crippen MR) is 103 cm³/mol. The lowest BCUT2D eigenvalue weighted by Crippen LogP contribution is -2.13. The largest absolute Gasteiger partial charge is 0.457 e. The van der Waals surface area contributed by atoms with E-state index < -0.39 is 10.0 Å². The molecule has 0 spiro atoms. The molecule has 3 rings (SSSR count). The molecule has 0 bridgehead atoms. The van der Waals surface area contributed by atoms with Gasteiger partial charge in [-0.1, -0.05) is 17.7 Å². The van der Waals surface area contributed by atoms with Crippen LogP contribution in [0, 0.1) is 6.92 Å². The molecule has 3 N–H and O–H groups in total. The quantitative estimate of drug-likeness (QED) is 0.703. The SMILES string of the molecule is Cc1ccc(Oc2ccc(C(=O)Nc3ccc(S(N)(=O)=O)cc3)cc2)cc1. The Balaban J connectivity index is 1.66. The molecule has 0 unspecified atom stereocenters. The van der Waals surface area contributed by atoms with Crippen molar-refractivity contribution < 1.29 is 17.9 Å². The van der Waals surface area contributed by atoms with Crippen molar-refractivity contribution in [3.8, 4) is 11.5 Å². The first-order chi connectivity index (χ1) is 12.8. The average molecular weight is 382 g/mol. The minimum absolute atomic E-state index is 0.0156. The van der Waals surface area contributed by atoms with Crippen LogP contribution in [0.4, 0.5) is 5.69 Å². The van der Waals surface area contributed by atoms with Gasteiger partial charge in [0, 0.05) is 11.3 Å². The molecule has 0 fully saturated rings. The molecular formula is C20H18N2O4S. The van der Waals surface area contributed by atoms with Gasteiger partial charge in [0.25, 0.3) is 5.91 Å². The van der Waals surface area contributed by atoms with E-state index in [-0.39, 0.29) is 10.8 Å². The fraction of sp³-hybridized carbons (Fsp3) is 0.0500. The minimum Gasteiger partial charge on any atom is -0.457 e. The van der Waals surface area contributed by atoms with E-state index in [2.05, 4.69) is 5.32 Å². The summed E-state index contributed by atoms with van der Waals surface area (Å²) in [6.07, 6.45) is 0. The minimum atomic E-state index is -3.76. The maximum Gasteiger partial charge on any atom is 0.255 e. The summed E-state index contributed by atoms with van der Waals surface area (Å²) in [5.74, 6) is 1.01. The summed E-state index contributed by atoms with van der Waals surface area (Å²) in [7, 11) is -3.76. The van der Waals surface area contributed by atoms with Gasteiger partial charge in [-0.3, -0.25) is 4.79 Å². The van der Waals surface area contributed by atoms with Crippen LogP contribution in [0.2, 0.25) is 0 Å². The number of primary sulfonamides is 1. The van der Waals surface area contributed by atoms with Crippen LogP contribution in [-0.2, 0) is 10.0 Å². The molecule has 138 valence electrons. The number of carbonyl (C=O) groups is 1. The molecule has 0 aromatic heterocycles. The highest BCUT2D eigenvalue weighted by atomic mass is 32.2. The topological polar surface area (TPSA) is 98.5 Å². The van der Waals surface area contributed by atoms with Crippen molar-refractivity contribution in [2.75, 3.05) is 5.32 Å². The van der Waals surface area contributed by atoms with Gasteiger partial charge in [0.2, 0.25) is 10.0 Å². The van der Waals surface area contributed by atoms with Crippen LogP contribution in [0.1, 0.15) is 15.9 Å². The number of benzene rings is 3. The number of sulfonamides is 1. The molecule has 6 nitrogen and oxygen atoms in total. The van der Waals surface area contributed by atoms with Gasteiger partial charge in [-0.05, 0) is 67.6 Å². The molecule has 0 aliphatic rings. The fourth-order valence-corrected chi connectivity index (χ4v) is 2.86. The molecule has 0 aliphatic carbocycles. The standard InChI is InChI=1S/C20H18N2O4S/c1-14-2-8-17(9-3-14)26-18-10-4-15(5-11-18)20(23)22-16-6-12-19(13-7-16)27(21,24)25/h2-13H,1H3,(H,22,23)(H2,21,24,25). The number of rotatable bonds is 5. The van der Waals surface area contributed by atoms with E-state index in [0.717, 1.165) is 5.56 Å². The van der Waals surface area contributed by atoms with Gasteiger partial charge in [-0.2, -0.15) is 0 Å². The second-order valence-electron chi connectivity index (χ2n) is 5.96. The summed E-state index contributed by atoms with van der Waals surface area (Å²) in [6, 6.07) is 20.0. The van der Waals surface area contributed by atoms with Gasteiger partial charge >= 0.3 is 0 Å². The Hall–Kier alpha value is -3.16. The van der Waals surface area contributed by atoms with Gasteiger partial charge in [0.15, 0.2) is 0 Å². The summed E-state index contributed by atoms with van der Waals surface area (Å²) in [5.41, 5.74) is 2.06. The van der Waals surface area contributed by atoms with E-state index in [4.69, 9.17) is 9.88 Å². The molecule has 0 radical (unpaired) electrons. The Morgan fingerprint density at radius 3 is 1.89 bits per heavy atom. The third-order valence-corrected chi connectivity index (χ3v) is 4.74. The average Bonchev–Trinajstić information content (AvgIpc) is 2.64. The second kappa shape index (κ2) is 7.61. The Morgan fingerprint density at radius 2 is 1.37 bits per heavy atom. The Bertz CT molecular complexity index is 1040. The number of ether oxygens (including phenoxy) is 1. The molecule has 7 heteroatoms. The Kier molecular flexibility index (Phi) is 5.25. The Labute approximate surface area is 157 Å². The van der Waals surface area contributed by atoms with Crippen molar-refractivity contribution in [1.29, 1.82) is 0 Å². The van der Waals surface area contributed by atoms with Crippen molar-refractivity contribution >= 4 is 21.6 Å². The zero-order chi connectivity index (χ0) is 19.4. The van der Waals surface area contributed by atoms with Crippen LogP contribution in [-0.4, -0.2) is 14.3 Å². The number of hydrogen-bond acceptors (Lipinski definition) is 4. The van der Waals surface area contributed by atoms with Crippen LogP contribution >= 0.6 is 0 Å². The lowest BCUT2D eigenvalue weighted by atomic mass is 10.2. The van der Waals surface area contributed by atoms with Gasteiger partial charge < -0.3 is 10.1 Å². The van der Waals surface area contributed by atoms with Crippen LogP contribution in [0.3, 0.4) is 0 Å². The number of anilines is 1. The highest BCUT2D eigenvalue weighted by Crippen LogP contribution is 2.22. The van der Waals surface area contributed by atoms with E-state index in [1.807, 2.05) is 31.2 Å². The van der Waals surface area contributed by atoms with Gasteiger partial charge in [-0.15, -0.1) is 0 Å². The second-order valence-corrected chi connectivity index (χ2v) is 7.52. The van der Waals surface area contributed by atoms with Crippen molar-refractivity contribution in [3.05, 3.63) is 83.9 Å². The molecular weight excluding hydrogens is 364 g/mol. The number of hydrogen-bond donors (Lipinski definition) is 2. The predicted octanol–water partition coefficient (Wildman–Crippen LogP) is 3.69. The maximum absolute atomic E-state index is 12.3. The third kappa shape index (κ3) is 4.93. The van der Waals surface area contributed by atoms with Gasteiger partial charge in [0.1, 0.15) is 11.5 Å². The molecule has 1 amide bonds. The van der Waals surface area contributed by atoms with E-state index in [0.29, 0.717) is 22.7 Å². The van der Waals surface area contributed by atoms with E-state index in [1.54, 1.807) is 24.3 Å². The van der Waals surface area contributed by atoms with Crippen LogP contribution < -0.4 is 15.2 Å². The lowest BCUT2D eigenvalue weighted by molar-refractivity contribution is 0.102. The number of nitrogens with two attached hydrogens (primary N) is 1. The zero-order valence-electron chi connectivity index (χ0n) is 14.5. The molecule has 3 aromatic rings. The normalized spacial score (nSPS) is 11.0. The molecule has 3 aromatic carbocycles. The van der Waals surface area contributed by atoms with Crippen molar-refractivity contribution in [3.63, 3.8) is 0 Å². The van der Waals surface area contributed by atoms with Gasteiger partial charge in [-0.25, -0.2) is 13.6 Å². The molecule has 0 atom stereocenters. The molecule has 0 aliphatic heterocycles. The first-order valence-electron chi connectivity index (χ1n) is 8.10. The maximum atomic E-state index is 12.3. The first-order valence-corrected chi connectivity index (χ1v) is 9.65. The van der Waals surface area contributed by atoms with Crippen molar-refractivity contribution in [1.82, 2.24) is 0 Å². The van der Waals surface area contributed by atoms with Crippen LogP contribution in [0.25, 0.3) is 0 Å². The van der Waals surface area contributed by atoms with E-state index in [9.17, 15) is 13.2 Å². The van der Waals surface area contributed by atoms with Crippen molar-refractivity contribution in [2.45, 2.75) is 11.8 Å². The fourth-order valence-electron chi connectivity index (χ4n) is 2.35. The highest BCUT2D eigenvalue weighted by molar-refractivity contribution is 7.89. The first kappa shape index (κ1) is 18.6. The van der Waals surface area contributed by atoms with Crippen LogP contribution in [0.15, 0.2) is 77.7 Å². The number of carbonyl (C=O) groups excluding carboxylic acids is 1. The molecule has 0 saturated carbocycles. The van der Waals surface area contributed by atoms with Crippen LogP contribution in [0.5, 0.6) is 11.5 Å². The summed E-state index contributed by atoms with van der Waals surface area (Å²) in [5, 5.41) is 7.75. The number of nitrogens with one attached hydrogen (secondary N) is 1. The molecule has 0 saturated heterocycles. The lowest BCUT2D eigenvalue weighted by Gasteiger charge is -2.08. The monoisotopic (exact) mass is 382 g/mol. The summed E-state index contributed by atoms with van der Waals surface area (Å²) in [6.45, 7) is 2.00. The highest BCUT2D eigenvalue weighted by Gasteiger charge is 2.09. The smallest absolute Gasteiger partial charge is 0.255 e. The Morgan fingerprint density at radius 1 is 0.852 bits per heavy atom. The number of aryl methyl sites for hydroxylation is 1. The van der Waals surface area contributed by atoms with Gasteiger partial charge in [0.05, 0.1) is 4.90 Å². The summed E-state index contributed by atoms with van der Waals surface area (Å²) < 4.78 is 28.2. The molecule has 0 heterocycles. The van der Waals surface area contributed by atoms with Crippen molar-refractivity contribution in [2.24, 2.45) is 5.14 Å². The summed E-state index contributed by atoms with van der Waals surface area (Å²) >= 11 is 0. The summed E-state index contributed by atoms with van der Waals surface area (Å²) in [4.78, 5) is 12.3. The third-order valence-electron chi connectivity index (χ3n) is 3.81. The molecule has 27 heavy (non-hydrogen) atoms.